The fourth-order valence-corrected chi connectivity index (χ4v) is 4.05. The van der Waals surface area contributed by atoms with Crippen molar-refractivity contribution in [2.75, 3.05) is 18.8 Å². The van der Waals surface area contributed by atoms with Crippen LogP contribution in [0.1, 0.15) is 29.5 Å². The van der Waals surface area contributed by atoms with Gasteiger partial charge in [0.15, 0.2) is 5.16 Å². The molecule has 2 N–H and O–H groups in total. The largest absolute Gasteiger partial charge is 0.350 e. The fraction of sp³-hybridized carbons (Fsp3) is 0.533. The Balaban J connectivity index is 1.50. The van der Waals surface area contributed by atoms with E-state index in [0.717, 1.165) is 35.4 Å². The second-order valence-electron chi connectivity index (χ2n) is 5.59. The maximum Gasteiger partial charge on any atom is 0.230 e. The first kappa shape index (κ1) is 16.5. The van der Waals surface area contributed by atoms with Gasteiger partial charge in [-0.3, -0.25) is 4.79 Å². The third-order valence-corrected chi connectivity index (χ3v) is 5.80. The molecule has 1 amide bonds. The fourth-order valence-electron chi connectivity index (χ4n) is 2.66. The quantitative estimate of drug-likeness (QED) is 0.776. The van der Waals surface area contributed by atoms with Gasteiger partial charge in [-0.2, -0.15) is 0 Å². The van der Waals surface area contributed by atoms with Gasteiger partial charge in [-0.05, 0) is 30.8 Å². The molecule has 1 saturated heterocycles. The van der Waals surface area contributed by atoms with Crippen molar-refractivity contribution in [3.63, 3.8) is 0 Å². The molecule has 23 heavy (non-hydrogen) atoms. The van der Waals surface area contributed by atoms with Crippen LogP contribution in [0.3, 0.4) is 0 Å². The van der Waals surface area contributed by atoms with Crippen LogP contribution in [0.25, 0.3) is 0 Å². The van der Waals surface area contributed by atoms with E-state index in [0.29, 0.717) is 18.2 Å². The van der Waals surface area contributed by atoms with Gasteiger partial charge in [-0.25, -0.2) is 0 Å². The monoisotopic (exact) mass is 351 g/mol. The zero-order valence-corrected chi connectivity index (χ0v) is 14.8. The summed E-state index contributed by atoms with van der Waals surface area (Å²) in [6, 6.07) is 4.01. The summed E-state index contributed by atoms with van der Waals surface area (Å²) < 4.78 is 2.02. The lowest BCUT2D eigenvalue weighted by Crippen LogP contribution is -2.29. The molecule has 6 nitrogen and oxygen atoms in total. The number of piperidine rings is 1. The SMILES string of the molecule is Cn1c(SCC(=O)NCc2cccs2)nnc1[C@H]1CCCNC1. The molecule has 1 aliphatic rings. The van der Waals surface area contributed by atoms with E-state index in [1.165, 1.54) is 18.2 Å². The molecule has 1 fully saturated rings. The van der Waals surface area contributed by atoms with Gasteiger partial charge < -0.3 is 15.2 Å². The summed E-state index contributed by atoms with van der Waals surface area (Å²) in [5.41, 5.74) is 0. The summed E-state index contributed by atoms with van der Waals surface area (Å²) in [5, 5.41) is 17.7. The van der Waals surface area contributed by atoms with Crippen molar-refractivity contribution in [2.45, 2.75) is 30.5 Å². The van der Waals surface area contributed by atoms with Gasteiger partial charge in [0.05, 0.1) is 12.3 Å². The number of amides is 1. The van der Waals surface area contributed by atoms with E-state index in [9.17, 15) is 4.79 Å². The van der Waals surface area contributed by atoms with Crippen LogP contribution in [-0.4, -0.2) is 39.5 Å². The lowest BCUT2D eigenvalue weighted by atomic mass is 9.99. The van der Waals surface area contributed by atoms with Gasteiger partial charge in [0.2, 0.25) is 5.91 Å². The molecule has 0 unspecified atom stereocenters. The van der Waals surface area contributed by atoms with Crippen LogP contribution in [0.2, 0.25) is 0 Å². The summed E-state index contributed by atoms with van der Waals surface area (Å²) in [6.07, 6.45) is 2.32. The van der Waals surface area contributed by atoms with Gasteiger partial charge in [-0.15, -0.1) is 21.5 Å². The van der Waals surface area contributed by atoms with Crippen LogP contribution >= 0.6 is 23.1 Å². The first-order chi connectivity index (χ1) is 11.2. The first-order valence-corrected chi connectivity index (χ1v) is 9.62. The van der Waals surface area contributed by atoms with E-state index in [4.69, 9.17) is 0 Å². The van der Waals surface area contributed by atoms with Crippen LogP contribution in [0.4, 0.5) is 0 Å². The minimum Gasteiger partial charge on any atom is -0.350 e. The van der Waals surface area contributed by atoms with Crippen molar-refractivity contribution < 1.29 is 4.79 Å². The molecule has 124 valence electrons. The Morgan fingerprint density at radius 1 is 1.57 bits per heavy atom. The van der Waals surface area contributed by atoms with E-state index in [1.807, 2.05) is 29.1 Å². The Labute approximate surface area is 144 Å². The van der Waals surface area contributed by atoms with Gasteiger partial charge in [-0.1, -0.05) is 17.8 Å². The number of carbonyl (C=O) groups excluding carboxylic acids is 1. The molecule has 0 radical (unpaired) electrons. The minimum absolute atomic E-state index is 0.0206. The van der Waals surface area contributed by atoms with Gasteiger partial charge in [0.25, 0.3) is 0 Å². The number of thioether (sulfide) groups is 1. The molecular weight excluding hydrogens is 330 g/mol. The molecule has 3 heterocycles. The third kappa shape index (κ3) is 4.33. The van der Waals surface area contributed by atoms with E-state index < -0.39 is 0 Å². The van der Waals surface area contributed by atoms with Crippen LogP contribution in [0.15, 0.2) is 22.7 Å². The zero-order valence-electron chi connectivity index (χ0n) is 13.1. The predicted octanol–water partition coefficient (Wildman–Crippen LogP) is 1.75. The summed E-state index contributed by atoms with van der Waals surface area (Å²) >= 11 is 3.08. The van der Waals surface area contributed by atoms with Crippen LogP contribution in [-0.2, 0) is 18.4 Å². The lowest BCUT2D eigenvalue weighted by molar-refractivity contribution is -0.118. The number of hydrogen-bond acceptors (Lipinski definition) is 6. The molecule has 0 saturated carbocycles. The molecule has 8 heteroatoms. The highest BCUT2D eigenvalue weighted by molar-refractivity contribution is 7.99. The van der Waals surface area contributed by atoms with Crippen LogP contribution in [0, 0.1) is 0 Å². The molecule has 1 aliphatic heterocycles. The van der Waals surface area contributed by atoms with Crippen molar-refractivity contribution in [2.24, 2.45) is 7.05 Å². The van der Waals surface area contributed by atoms with E-state index in [2.05, 4.69) is 20.8 Å². The molecule has 0 spiro atoms. The topological polar surface area (TPSA) is 71.8 Å². The predicted molar refractivity (Wildman–Crippen MR) is 92.7 cm³/mol. The number of thiophene rings is 1. The summed E-state index contributed by atoms with van der Waals surface area (Å²) in [7, 11) is 1.98. The Morgan fingerprint density at radius 3 is 3.22 bits per heavy atom. The minimum atomic E-state index is 0.0206. The Bertz CT molecular complexity index is 634. The smallest absolute Gasteiger partial charge is 0.230 e. The van der Waals surface area contributed by atoms with Gasteiger partial charge >= 0.3 is 0 Å². The molecule has 3 rings (SSSR count). The molecule has 2 aromatic rings. The average molecular weight is 352 g/mol. The number of nitrogens with zero attached hydrogens (tertiary/aromatic N) is 3. The average Bonchev–Trinajstić information content (AvgIpc) is 3.22. The maximum atomic E-state index is 11.9. The first-order valence-electron chi connectivity index (χ1n) is 7.76. The second kappa shape index (κ2) is 7.94. The number of nitrogens with one attached hydrogen (secondary N) is 2. The van der Waals surface area contributed by atoms with Crippen molar-refractivity contribution >= 4 is 29.0 Å². The lowest BCUT2D eigenvalue weighted by Gasteiger charge is -2.21. The van der Waals surface area contributed by atoms with Crippen LogP contribution < -0.4 is 10.6 Å². The molecule has 1 atom stereocenters. The highest BCUT2D eigenvalue weighted by Gasteiger charge is 2.21. The van der Waals surface area contributed by atoms with Gasteiger partial charge in [0.1, 0.15) is 5.82 Å². The number of aromatic nitrogens is 3. The standard InChI is InChI=1S/C15H21N5OS2/c1-20-14(11-4-2-6-16-8-11)18-19-15(20)23-10-13(21)17-9-12-5-3-7-22-12/h3,5,7,11,16H,2,4,6,8-10H2,1H3,(H,17,21)/t11-/m0/s1. The number of hydrogen-bond donors (Lipinski definition) is 2. The molecule has 2 aromatic heterocycles. The Morgan fingerprint density at radius 2 is 2.48 bits per heavy atom. The van der Waals surface area contributed by atoms with Crippen molar-refractivity contribution in [3.05, 3.63) is 28.2 Å². The summed E-state index contributed by atoms with van der Waals surface area (Å²) in [4.78, 5) is 13.1. The highest BCUT2D eigenvalue weighted by Crippen LogP contribution is 2.24. The van der Waals surface area contributed by atoms with Crippen LogP contribution in [0.5, 0.6) is 0 Å². The van der Waals surface area contributed by atoms with E-state index >= 15 is 0 Å². The van der Waals surface area contributed by atoms with E-state index in [-0.39, 0.29) is 5.91 Å². The Kier molecular flexibility index (Phi) is 5.69. The van der Waals surface area contributed by atoms with Crippen molar-refractivity contribution in [1.29, 1.82) is 0 Å². The van der Waals surface area contributed by atoms with Gasteiger partial charge in [0, 0.05) is 24.4 Å². The molecule has 0 bridgehead atoms. The summed E-state index contributed by atoms with van der Waals surface area (Å²) in [6.45, 7) is 2.63. The normalized spacial score (nSPS) is 18.0. The highest BCUT2D eigenvalue weighted by atomic mass is 32.2. The molecule has 0 aliphatic carbocycles. The number of rotatable bonds is 6. The molecular formula is C15H21N5OS2. The third-order valence-electron chi connectivity index (χ3n) is 3.90. The number of carbonyl (C=O) groups is 1. The van der Waals surface area contributed by atoms with E-state index in [1.54, 1.807) is 11.3 Å². The zero-order chi connectivity index (χ0) is 16.1. The Hall–Kier alpha value is -1.38. The maximum absolute atomic E-state index is 11.9. The molecule has 0 aromatic carbocycles. The van der Waals surface area contributed by atoms with Crippen molar-refractivity contribution in [1.82, 2.24) is 25.4 Å². The summed E-state index contributed by atoms with van der Waals surface area (Å²) in [5.74, 6) is 1.81. The van der Waals surface area contributed by atoms with Crippen molar-refractivity contribution in [3.8, 4) is 0 Å². The second-order valence-corrected chi connectivity index (χ2v) is 7.56.